The molecule has 0 aliphatic carbocycles. The van der Waals surface area contributed by atoms with Crippen molar-refractivity contribution >= 4 is 11.6 Å². The van der Waals surface area contributed by atoms with E-state index in [-0.39, 0.29) is 13.3 Å². The minimum Gasteiger partial charge on any atom is -0.454 e. The quantitative estimate of drug-likeness (QED) is 0.713. The molecule has 0 amide bonds. The molecule has 0 radical (unpaired) electrons. The Hall–Kier alpha value is -0.970. The number of hydrogen-bond donors (Lipinski definition) is 2. The van der Waals surface area contributed by atoms with Gasteiger partial charge in [0, 0.05) is 17.6 Å². The van der Waals surface area contributed by atoms with Crippen LogP contribution in [0.2, 0.25) is 5.02 Å². The van der Waals surface area contributed by atoms with Gasteiger partial charge in [0.2, 0.25) is 6.79 Å². The van der Waals surface area contributed by atoms with Crippen molar-refractivity contribution in [1.82, 2.24) is 5.48 Å². The summed E-state index contributed by atoms with van der Waals surface area (Å²) in [7, 11) is 0. The average Bonchev–Trinajstić information content (AvgIpc) is 2.52. The SMILES string of the molecule is ONCc1cc2c(cc1Cl)OCO2. The number of hydrogen-bond acceptors (Lipinski definition) is 4. The second kappa shape index (κ2) is 3.41. The van der Waals surface area contributed by atoms with Gasteiger partial charge in [-0.3, -0.25) is 0 Å². The van der Waals surface area contributed by atoms with Gasteiger partial charge in [-0.05, 0) is 11.6 Å². The van der Waals surface area contributed by atoms with E-state index in [0.29, 0.717) is 16.5 Å². The topological polar surface area (TPSA) is 50.7 Å². The Morgan fingerprint density at radius 2 is 2.08 bits per heavy atom. The molecule has 13 heavy (non-hydrogen) atoms. The predicted octanol–water partition coefficient (Wildman–Crippen LogP) is 1.55. The molecule has 1 aliphatic heterocycles. The summed E-state index contributed by atoms with van der Waals surface area (Å²) in [5.41, 5.74) is 2.81. The first-order valence-corrected chi connectivity index (χ1v) is 4.14. The molecule has 4 nitrogen and oxygen atoms in total. The molecule has 0 aromatic heterocycles. The standard InChI is InChI=1S/C8H8ClNO3/c9-6-2-8-7(12-4-13-8)1-5(6)3-10-11/h1-2,10-11H,3-4H2. The largest absolute Gasteiger partial charge is 0.454 e. The van der Waals surface area contributed by atoms with Crippen LogP contribution in [-0.2, 0) is 6.54 Å². The molecule has 0 bridgehead atoms. The van der Waals surface area contributed by atoms with Crippen LogP contribution in [0.25, 0.3) is 0 Å². The summed E-state index contributed by atoms with van der Waals surface area (Å²) in [6, 6.07) is 3.42. The van der Waals surface area contributed by atoms with Crippen LogP contribution in [0, 0.1) is 0 Å². The van der Waals surface area contributed by atoms with Gasteiger partial charge >= 0.3 is 0 Å². The zero-order valence-electron chi connectivity index (χ0n) is 6.71. The van der Waals surface area contributed by atoms with Crippen molar-refractivity contribution in [3.63, 3.8) is 0 Å². The lowest BCUT2D eigenvalue weighted by molar-refractivity contribution is 0.161. The normalized spacial score (nSPS) is 13.4. The van der Waals surface area contributed by atoms with Gasteiger partial charge in [-0.15, -0.1) is 0 Å². The third-order valence-corrected chi connectivity index (χ3v) is 2.16. The minimum absolute atomic E-state index is 0.224. The molecular weight excluding hydrogens is 194 g/mol. The van der Waals surface area contributed by atoms with Crippen LogP contribution in [-0.4, -0.2) is 12.0 Å². The first-order valence-electron chi connectivity index (χ1n) is 3.76. The number of halogens is 1. The van der Waals surface area contributed by atoms with Gasteiger partial charge in [-0.25, -0.2) is 5.48 Å². The Kier molecular flexibility index (Phi) is 2.26. The van der Waals surface area contributed by atoms with E-state index in [1.54, 1.807) is 12.1 Å². The molecule has 0 saturated carbocycles. The van der Waals surface area contributed by atoms with Gasteiger partial charge in [0.25, 0.3) is 0 Å². The second-order valence-electron chi connectivity index (χ2n) is 2.63. The van der Waals surface area contributed by atoms with Crippen molar-refractivity contribution in [2.75, 3.05) is 6.79 Å². The van der Waals surface area contributed by atoms with Crippen molar-refractivity contribution < 1.29 is 14.7 Å². The molecular formula is C8H8ClNO3. The molecule has 0 fully saturated rings. The van der Waals surface area contributed by atoms with Gasteiger partial charge in [0.1, 0.15) is 0 Å². The third kappa shape index (κ3) is 1.56. The van der Waals surface area contributed by atoms with E-state index in [9.17, 15) is 0 Å². The molecule has 1 aliphatic rings. The van der Waals surface area contributed by atoms with E-state index < -0.39 is 0 Å². The lowest BCUT2D eigenvalue weighted by atomic mass is 10.2. The van der Waals surface area contributed by atoms with Gasteiger partial charge < -0.3 is 14.7 Å². The van der Waals surface area contributed by atoms with Crippen LogP contribution in [0.3, 0.4) is 0 Å². The Morgan fingerprint density at radius 3 is 2.77 bits per heavy atom. The predicted molar refractivity (Wildman–Crippen MR) is 46.2 cm³/mol. The lowest BCUT2D eigenvalue weighted by Gasteiger charge is -2.04. The third-order valence-electron chi connectivity index (χ3n) is 1.81. The molecule has 1 heterocycles. The maximum Gasteiger partial charge on any atom is 0.231 e. The summed E-state index contributed by atoms with van der Waals surface area (Å²) < 4.78 is 10.3. The van der Waals surface area contributed by atoms with E-state index in [2.05, 4.69) is 0 Å². The monoisotopic (exact) mass is 201 g/mol. The van der Waals surface area contributed by atoms with Crippen LogP contribution in [0.4, 0.5) is 0 Å². The fourth-order valence-corrected chi connectivity index (χ4v) is 1.40. The van der Waals surface area contributed by atoms with E-state index in [0.717, 1.165) is 5.56 Å². The Bertz CT molecular complexity index is 329. The Balaban J connectivity index is 2.37. The number of ether oxygens (including phenoxy) is 2. The number of hydroxylamine groups is 1. The molecule has 5 heteroatoms. The summed E-state index contributed by atoms with van der Waals surface area (Å²) in [4.78, 5) is 0. The Morgan fingerprint density at radius 1 is 1.38 bits per heavy atom. The summed E-state index contributed by atoms with van der Waals surface area (Å²) in [6.45, 7) is 0.511. The molecule has 1 aromatic carbocycles. The zero-order chi connectivity index (χ0) is 9.26. The molecule has 0 atom stereocenters. The van der Waals surface area contributed by atoms with Crippen LogP contribution in [0.15, 0.2) is 12.1 Å². The van der Waals surface area contributed by atoms with Gasteiger partial charge in [-0.2, -0.15) is 0 Å². The van der Waals surface area contributed by atoms with Crippen molar-refractivity contribution in [3.8, 4) is 11.5 Å². The van der Waals surface area contributed by atoms with Gasteiger partial charge in [0.15, 0.2) is 11.5 Å². The highest BCUT2D eigenvalue weighted by Gasteiger charge is 2.15. The number of fused-ring (bicyclic) bond motifs is 1. The highest BCUT2D eigenvalue weighted by molar-refractivity contribution is 6.31. The fraction of sp³-hybridized carbons (Fsp3) is 0.250. The summed E-state index contributed by atoms with van der Waals surface area (Å²) in [6.07, 6.45) is 0. The van der Waals surface area contributed by atoms with Crippen LogP contribution in [0.1, 0.15) is 5.56 Å². The number of rotatable bonds is 2. The first-order chi connectivity index (χ1) is 6.31. The van der Waals surface area contributed by atoms with Crippen molar-refractivity contribution in [2.24, 2.45) is 0 Å². The van der Waals surface area contributed by atoms with Crippen LogP contribution < -0.4 is 15.0 Å². The van der Waals surface area contributed by atoms with Crippen molar-refractivity contribution in [2.45, 2.75) is 6.54 Å². The highest BCUT2D eigenvalue weighted by Crippen LogP contribution is 2.36. The minimum atomic E-state index is 0.224. The second-order valence-corrected chi connectivity index (χ2v) is 3.04. The van der Waals surface area contributed by atoms with E-state index in [1.165, 1.54) is 0 Å². The summed E-state index contributed by atoms with van der Waals surface area (Å²) in [5.74, 6) is 1.31. The molecule has 0 spiro atoms. The van der Waals surface area contributed by atoms with Crippen molar-refractivity contribution in [1.29, 1.82) is 0 Å². The smallest absolute Gasteiger partial charge is 0.231 e. The molecule has 0 saturated heterocycles. The molecule has 0 unspecified atom stereocenters. The maximum atomic E-state index is 8.51. The Labute approximate surface area is 80.0 Å². The summed E-state index contributed by atoms with van der Waals surface area (Å²) >= 11 is 5.90. The van der Waals surface area contributed by atoms with Gasteiger partial charge in [0.05, 0.1) is 0 Å². The number of nitrogens with one attached hydrogen (secondary N) is 1. The van der Waals surface area contributed by atoms with E-state index >= 15 is 0 Å². The lowest BCUT2D eigenvalue weighted by Crippen LogP contribution is -2.06. The molecule has 70 valence electrons. The molecule has 1 aromatic rings. The average molecular weight is 202 g/mol. The zero-order valence-corrected chi connectivity index (χ0v) is 7.47. The molecule has 2 N–H and O–H groups in total. The van der Waals surface area contributed by atoms with Crippen LogP contribution >= 0.6 is 11.6 Å². The van der Waals surface area contributed by atoms with Gasteiger partial charge in [-0.1, -0.05) is 11.6 Å². The number of benzene rings is 1. The highest BCUT2D eigenvalue weighted by atomic mass is 35.5. The fourth-order valence-electron chi connectivity index (χ4n) is 1.18. The van der Waals surface area contributed by atoms with E-state index in [4.69, 9.17) is 26.3 Å². The first kappa shape index (κ1) is 8.62. The van der Waals surface area contributed by atoms with Crippen LogP contribution in [0.5, 0.6) is 11.5 Å². The molecule has 2 rings (SSSR count). The van der Waals surface area contributed by atoms with Crippen molar-refractivity contribution in [3.05, 3.63) is 22.7 Å². The summed E-state index contributed by atoms with van der Waals surface area (Å²) in [5, 5.41) is 9.06. The maximum absolute atomic E-state index is 8.51. The van der Waals surface area contributed by atoms with E-state index in [1.807, 2.05) is 5.48 Å².